The smallest absolute Gasteiger partial charge is 0.323 e. The van der Waals surface area contributed by atoms with Gasteiger partial charge in [0.25, 0.3) is 0 Å². The Morgan fingerprint density at radius 2 is 2.00 bits per heavy atom. The molecule has 0 spiro atoms. The molecular formula is C15H30N2O2. The minimum absolute atomic E-state index is 0.318. The van der Waals surface area contributed by atoms with Gasteiger partial charge in [-0.15, -0.1) is 0 Å². The van der Waals surface area contributed by atoms with Crippen molar-refractivity contribution < 1.29 is 9.90 Å². The number of nitrogens with zero attached hydrogens (tertiary/aromatic N) is 1. The van der Waals surface area contributed by atoms with E-state index in [1.807, 2.05) is 6.92 Å². The number of rotatable bonds is 7. The van der Waals surface area contributed by atoms with E-state index in [1.54, 1.807) is 6.92 Å². The van der Waals surface area contributed by atoms with Crippen molar-refractivity contribution in [1.82, 2.24) is 10.2 Å². The predicted molar refractivity (Wildman–Crippen MR) is 78.4 cm³/mol. The number of nitrogens with one attached hydrogen (secondary N) is 1. The lowest BCUT2D eigenvalue weighted by atomic mass is 9.89. The largest absolute Gasteiger partial charge is 0.480 e. The second-order valence-electron chi connectivity index (χ2n) is 6.11. The number of aliphatic carboxylic acids is 1. The third-order valence-electron chi connectivity index (χ3n) is 4.59. The van der Waals surface area contributed by atoms with E-state index >= 15 is 0 Å². The summed E-state index contributed by atoms with van der Waals surface area (Å²) in [6.07, 6.45) is 4.44. The summed E-state index contributed by atoms with van der Waals surface area (Å²) in [5.74, 6) is 0.118. The number of carboxylic acid groups (broad SMARTS) is 1. The zero-order valence-electron chi connectivity index (χ0n) is 12.9. The summed E-state index contributed by atoms with van der Waals surface area (Å²) < 4.78 is 0. The number of likely N-dealkylation sites (tertiary alicyclic amines) is 1. The molecule has 1 heterocycles. The van der Waals surface area contributed by atoms with Gasteiger partial charge in [-0.3, -0.25) is 4.79 Å². The SMILES string of the molecule is CCNC(C)(CC(C)N1CCC(CC)CC1)C(=O)O. The number of hydrogen-bond donors (Lipinski definition) is 2. The van der Waals surface area contributed by atoms with Crippen LogP contribution in [-0.2, 0) is 4.79 Å². The van der Waals surface area contributed by atoms with E-state index in [0.29, 0.717) is 19.0 Å². The van der Waals surface area contributed by atoms with Crippen LogP contribution < -0.4 is 5.32 Å². The first-order chi connectivity index (χ1) is 8.92. The van der Waals surface area contributed by atoms with E-state index in [2.05, 4.69) is 24.1 Å². The predicted octanol–water partition coefficient (Wildman–Crippen LogP) is 2.34. The molecule has 2 unspecified atom stereocenters. The first kappa shape index (κ1) is 16.4. The summed E-state index contributed by atoms with van der Waals surface area (Å²) in [5, 5.41) is 12.5. The Morgan fingerprint density at radius 3 is 2.42 bits per heavy atom. The highest BCUT2D eigenvalue weighted by atomic mass is 16.4. The molecule has 0 radical (unpaired) electrons. The van der Waals surface area contributed by atoms with Crippen LogP contribution in [0.4, 0.5) is 0 Å². The van der Waals surface area contributed by atoms with Crippen molar-refractivity contribution in [3.8, 4) is 0 Å². The van der Waals surface area contributed by atoms with Gasteiger partial charge in [0, 0.05) is 6.04 Å². The molecule has 0 saturated carbocycles. The zero-order chi connectivity index (χ0) is 14.5. The summed E-state index contributed by atoms with van der Waals surface area (Å²) in [4.78, 5) is 13.9. The Labute approximate surface area is 117 Å². The van der Waals surface area contributed by atoms with Crippen molar-refractivity contribution in [2.75, 3.05) is 19.6 Å². The number of carbonyl (C=O) groups is 1. The highest BCUT2D eigenvalue weighted by Gasteiger charge is 2.35. The third-order valence-corrected chi connectivity index (χ3v) is 4.59. The first-order valence-electron chi connectivity index (χ1n) is 7.65. The summed E-state index contributed by atoms with van der Waals surface area (Å²) in [7, 11) is 0. The van der Waals surface area contributed by atoms with Crippen molar-refractivity contribution in [2.24, 2.45) is 5.92 Å². The van der Waals surface area contributed by atoms with E-state index in [4.69, 9.17) is 0 Å². The number of piperidine rings is 1. The molecule has 2 atom stereocenters. The van der Waals surface area contributed by atoms with Crippen LogP contribution in [0.15, 0.2) is 0 Å². The van der Waals surface area contributed by atoms with Gasteiger partial charge in [-0.05, 0) is 58.7 Å². The third kappa shape index (κ3) is 4.46. The lowest BCUT2D eigenvalue weighted by Gasteiger charge is -2.39. The minimum Gasteiger partial charge on any atom is -0.480 e. The van der Waals surface area contributed by atoms with Crippen molar-refractivity contribution in [3.05, 3.63) is 0 Å². The normalized spacial score (nSPS) is 22.9. The monoisotopic (exact) mass is 270 g/mol. The maximum Gasteiger partial charge on any atom is 0.323 e. The van der Waals surface area contributed by atoms with Crippen LogP contribution in [0.2, 0.25) is 0 Å². The molecule has 0 amide bonds. The van der Waals surface area contributed by atoms with Crippen molar-refractivity contribution in [1.29, 1.82) is 0 Å². The van der Waals surface area contributed by atoms with Gasteiger partial charge in [0.05, 0.1) is 0 Å². The number of carboxylic acids is 1. The Morgan fingerprint density at radius 1 is 1.42 bits per heavy atom. The highest BCUT2D eigenvalue weighted by molar-refractivity contribution is 5.78. The van der Waals surface area contributed by atoms with Crippen LogP contribution >= 0.6 is 0 Å². The van der Waals surface area contributed by atoms with Crippen molar-refractivity contribution >= 4 is 5.97 Å². The summed E-state index contributed by atoms with van der Waals surface area (Å²) in [5.41, 5.74) is -0.810. The Balaban J connectivity index is 2.53. The van der Waals surface area contributed by atoms with E-state index in [-0.39, 0.29) is 0 Å². The molecule has 1 aliphatic rings. The highest BCUT2D eigenvalue weighted by Crippen LogP contribution is 2.24. The zero-order valence-corrected chi connectivity index (χ0v) is 12.9. The Hall–Kier alpha value is -0.610. The lowest BCUT2D eigenvalue weighted by Crippen LogP contribution is -2.54. The molecule has 0 aromatic carbocycles. The van der Waals surface area contributed by atoms with Crippen LogP contribution in [0.25, 0.3) is 0 Å². The fraction of sp³-hybridized carbons (Fsp3) is 0.933. The average molecular weight is 270 g/mol. The Kier molecular flexibility index (Phi) is 6.27. The van der Waals surface area contributed by atoms with Crippen LogP contribution in [0, 0.1) is 5.92 Å². The van der Waals surface area contributed by atoms with Gasteiger partial charge >= 0.3 is 5.97 Å². The molecule has 19 heavy (non-hydrogen) atoms. The summed E-state index contributed by atoms with van der Waals surface area (Å²) in [6.45, 7) is 11.1. The molecular weight excluding hydrogens is 240 g/mol. The van der Waals surface area contributed by atoms with Gasteiger partial charge in [0.15, 0.2) is 0 Å². The maximum absolute atomic E-state index is 11.4. The summed E-state index contributed by atoms with van der Waals surface area (Å²) >= 11 is 0. The number of likely N-dealkylation sites (N-methyl/N-ethyl adjacent to an activating group) is 1. The van der Waals surface area contributed by atoms with E-state index < -0.39 is 11.5 Å². The Bertz CT molecular complexity index is 288. The van der Waals surface area contributed by atoms with Gasteiger partial charge in [-0.1, -0.05) is 20.3 Å². The fourth-order valence-corrected chi connectivity index (χ4v) is 3.15. The summed E-state index contributed by atoms with van der Waals surface area (Å²) in [6, 6.07) is 0.318. The van der Waals surface area contributed by atoms with Crippen LogP contribution in [0.5, 0.6) is 0 Å². The van der Waals surface area contributed by atoms with E-state index in [1.165, 1.54) is 19.3 Å². The molecule has 112 valence electrons. The lowest BCUT2D eigenvalue weighted by molar-refractivity contribution is -0.145. The molecule has 1 aliphatic heterocycles. The van der Waals surface area contributed by atoms with Gasteiger partial charge in [0.2, 0.25) is 0 Å². The quantitative estimate of drug-likeness (QED) is 0.745. The topological polar surface area (TPSA) is 52.6 Å². The van der Waals surface area contributed by atoms with Gasteiger partial charge in [-0.25, -0.2) is 0 Å². The maximum atomic E-state index is 11.4. The molecule has 4 nitrogen and oxygen atoms in total. The number of hydrogen-bond acceptors (Lipinski definition) is 3. The van der Waals surface area contributed by atoms with E-state index in [0.717, 1.165) is 19.0 Å². The molecule has 1 fully saturated rings. The van der Waals surface area contributed by atoms with Crippen molar-refractivity contribution in [3.63, 3.8) is 0 Å². The molecule has 1 saturated heterocycles. The molecule has 0 aliphatic carbocycles. The van der Waals surface area contributed by atoms with Gasteiger partial charge in [-0.2, -0.15) is 0 Å². The van der Waals surface area contributed by atoms with Crippen molar-refractivity contribution in [2.45, 2.75) is 65.0 Å². The van der Waals surface area contributed by atoms with E-state index in [9.17, 15) is 9.90 Å². The van der Waals surface area contributed by atoms with Crippen LogP contribution in [0.1, 0.15) is 53.4 Å². The molecule has 2 N–H and O–H groups in total. The molecule has 0 aromatic rings. The first-order valence-corrected chi connectivity index (χ1v) is 7.65. The van der Waals surface area contributed by atoms with Crippen LogP contribution in [-0.4, -0.2) is 47.2 Å². The molecule has 4 heteroatoms. The van der Waals surface area contributed by atoms with Crippen LogP contribution in [0.3, 0.4) is 0 Å². The molecule has 1 rings (SSSR count). The standard InChI is InChI=1S/C15H30N2O2/c1-5-13-7-9-17(10-8-13)12(3)11-15(4,14(18)19)16-6-2/h12-13,16H,5-11H2,1-4H3,(H,18,19). The second kappa shape index (κ2) is 7.25. The second-order valence-corrected chi connectivity index (χ2v) is 6.11. The minimum atomic E-state index is -0.810. The fourth-order valence-electron chi connectivity index (χ4n) is 3.15. The van der Waals surface area contributed by atoms with Gasteiger partial charge in [0.1, 0.15) is 5.54 Å². The molecule has 0 bridgehead atoms. The van der Waals surface area contributed by atoms with Gasteiger partial charge < -0.3 is 15.3 Å². The molecule has 0 aromatic heterocycles. The average Bonchev–Trinajstić information content (AvgIpc) is 2.38.